The maximum absolute atomic E-state index is 12.4. The molecular weight excluding hydrogens is 244 g/mol. The highest BCUT2D eigenvalue weighted by molar-refractivity contribution is 7.07. The Kier molecular flexibility index (Phi) is 4.78. The van der Waals surface area contributed by atoms with Crippen LogP contribution in [0, 0.1) is 0 Å². The molecule has 0 radical (unpaired) electrons. The first-order valence-corrected chi connectivity index (χ1v) is 7.74. The molecule has 1 fully saturated rings. The van der Waals surface area contributed by atoms with Crippen molar-refractivity contribution in [2.24, 2.45) is 0 Å². The van der Waals surface area contributed by atoms with Gasteiger partial charge >= 0.3 is 0 Å². The third kappa shape index (κ3) is 2.93. The minimum absolute atomic E-state index is 0.102. The smallest absolute Gasteiger partial charge is 0.239 e. The molecule has 0 N–H and O–H groups in total. The topological polar surface area (TPSA) is 23.6 Å². The van der Waals surface area contributed by atoms with Gasteiger partial charge in [0.05, 0.1) is 6.04 Å². The summed E-state index contributed by atoms with van der Waals surface area (Å²) in [4.78, 5) is 16.7. The molecule has 0 aromatic carbocycles. The highest BCUT2D eigenvalue weighted by atomic mass is 32.1. The fraction of sp³-hybridized carbons (Fsp3) is 0.643. The second-order valence-corrected chi connectivity index (χ2v) is 5.55. The van der Waals surface area contributed by atoms with Crippen molar-refractivity contribution in [2.75, 3.05) is 19.6 Å². The Labute approximate surface area is 113 Å². The van der Waals surface area contributed by atoms with Gasteiger partial charge in [-0.3, -0.25) is 9.69 Å². The summed E-state index contributed by atoms with van der Waals surface area (Å²) in [6.07, 6.45) is 2.15. The average Bonchev–Trinajstić information content (AvgIpc) is 3.02. The van der Waals surface area contributed by atoms with E-state index in [4.69, 9.17) is 0 Å². The number of carbonyl (C=O) groups excluding carboxylic acids is 1. The number of hydrogen-bond donors (Lipinski definition) is 0. The summed E-state index contributed by atoms with van der Waals surface area (Å²) in [7, 11) is 0. The van der Waals surface area contributed by atoms with Gasteiger partial charge in [0.1, 0.15) is 0 Å². The van der Waals surface area contributed by atoms with Crippen LogP contribution in [0.5, 0.6) is 0 Å². The lowest BCUT2D eigenvalue weighted by atomic mass is 10.2. The van der Waals surface area contributed by atoms with Crippen molar-refractivity contribution in [3.63, 3.8) is 0 Å². The van der Waals surface area contributed by atoms with E-state index in [9.17, 15) is 4.79 Å². The van der Waals surface area contributed by atoms with Crippen LogP contribution in [-0.4, -0.2) is 41.4 Å². The van der Waals surface area contributed by atoms with Gasteiger partial charge < -0.3 is 4.90 Å². The lowest BCUT2D eigenvalue weighted by Gasteiger charge is -2.28. The summed E-state index contributed by atoms with van der Waals surface area (Å²) >= 11 is 1.73. The van der Waals surface area contributed by atoms with Crippen molar-refractivity contribution in [2.45, 2.75) is 39.3 Å². The van der Waals surface area contributed by atoms with Crippen LogP contribution in [-0.2, 0) is 11.3 Å². The van der Waals surface area contributed by atoms with Gasteiger partial charge in [0, 0.05) is 19.6 Å². The monoisotopic (exact) mass is 266 g/mol. The van der Waals surface area contributed by atoms with Crippen molar-refractivity contribution >= 4 is 17.2 Å². The Morgan fingerprint density at radius 2 is 2.28 bits per heavy atom. The van der Waals surface area contributed by atoms with E-state index in [1.165, 1.54) is 5.56 Å². The SMILES string of the molecule is CCN(CC)C(=O)C1CCCN1Cc1ccsc1. The van der Waals surface area contributed by atoms with Gasteiger partial charge in [0.15, 0.2) is 0 Å². The molecule has 1 aromatic heterocycles. The number of thiophene rings is 1. The van der Waals surface area contributed by atoms with E-state index in [0.29, 0.717) is 5.91 Å². The van der Waals surface area contributed by atoms with E-state index < -0.39 is 0 Å². The lowest BCUT2D eigenvalue weighted by molar-refractivity contribution is -0.135. The maximum atomic E-state index is 12.4. The lowest BCUT2D eigenvalue weighted by Crippen LogP contribution is -2.45. The summed E-state index contributed by atoms with van der Waals surface area (Å²) in [5.41, 5.74) is 1.33. The predicted octanol–water partition coefficient (Wildman–Crippen LogP) is 2.58. The van der Waals surface area contributed by atoms with Gasteiger partial charge in [-0.25, -0.2) is 0 Å². The standard InChI is InChI=1S/C14H22N2OS/c1-3-15(4-2)14(17)13-6-5-8-16(13)10-12-7-9-18-11-12/h7,9,11,13H,3-6,8,10H2,1-2H3. The molecule has 1 aliphatic rings. The number of nitrogens with zero attached hydrogens (tertiary/aromatic N) is 2. The van der Waals surface area contributed by atoms with Crippen LogP contribution in [0.15, 0.2) is 16.8 Å². The number of likely N-dealkylation sites (N-methyl/N-ethyl adjacent to an activating group) is 1. The van der Waals surface area contributed by atoms with Crippen LogP contribution >= 0.6 is 11.3 Å². The molecule has 18 heavy (non-hydrogen) atoms. The van der Waals surface area contributed by atoms with Gasteiger partial charge in [0.2, 0.25) is 5.91 Å². The molecule has 2 rings (SSSR count). The van der Waals surface area contributed by atoms with Gasteiger partial charge in [-0.05, 0) is 55.6 Å². The first kappa shape index (κ1) is 13.6. The van der Waals surface area contributed by atoms with Gasteiger partial charge in [-0.1, -0.05) is 0 Å². The highest BCUT2D eigenvalue weighted by Gasteiger charge is 2.32. The quantitative estimate of drug-likeness (QED) is 0.818. The molecule has 1 atom stereocenters. The molecule has 1 aromatic rings. The minimum atomic E-state index is 0.102. The molecule has 1 aliphatic heterocycles. The predicted molar refractivity (Wildman–Crippen MR) is 75.7 cm³/mol. The fourth-order valence-corrected chi connectivity index (χ4v) is 3.32. The molecule has 0 aliphatic carbocycles. The molecule has 0 saturated carbocycles. The molecule has 2 heterocycles. The molecule has 0 bridgehead atoms. The van der Waals surface area contributed by atoms with Crippen molar-refractivity contribution in [1.29, 1.82) is 0 Å². The molecule has 3 nitrogen and oxygen atoms in total. The summed E-state index contributed by atoms with van der Waals surface area (Å²) in [6.45, 7) is 7.71. The number of likely N-dealkylation sites (tertiary alicyclic amines) is 1. The minimum Gasteiger partial charge on any atom is -0.342 e. The summed E-state index contributed by atoms with van der Waals surface area (Å²) < 4.78 is 0. The maximum Gasteiger partial charge on any atom is 0.239 e. The van der Waals surface area contributed by atoms with Crippen molar-refractivity contribution < 1.29 is 4.79 Å². The zero-order valence-corrected chi connectivity index (χ0v) is 12.1. The zero-order valence-electron chi connectivity index (χ0n) is 11.3. The van der Waals surface area contributed by atoms with E-state index in [1.807, 2.05) is 4.90 Å². The average molecular weight is 266 g/mol. The van der Waals surface area contributed by atoms with E-state index in [2.05, 4.69) is 35.6 Å². The molecule has 100 valence electrons. The second-order valence-electron chi connectivity index (χ2n) is 4.77. The normalized spacial score (nSPS) is 20.2. The molecule has 1 saturated heterocycles. The third-order valence-electron chi connectivity index (χ3n) is 3.69. The van der Waals surface area contributed by atoms with Crippen LogP contribution in [0.1, 0.15) is 32.3 Å². The molecule has 4 heteroatoms. The van der Waals surface area contributed by atoms with Crippen LogP contribution in [0.4, 0.5) is 0 Å². The zero-order chi connectivity index (χ0) is 13.0. The van der Waals surface area contributed by atoms with E-state index >= 15 is 0 Å². The first-order valence-electron chi connectivity index (χ1n) is 6.80. The fourth-order valence-electron chi connectivity index (χ4n) is 2.66. The van der Waals surface area contributed by atoms with Crippen molar-refractivity contribution in [3.05, 3.63) is 22.4 Å². The second kappa shape index (κ2) is 6.34. The Balaban J connectivity index is 2.00. The van der Waals surface area contributed by atoms with Crippen LogP contribution in [0.25, 0.3) is 0 Å². The Bertz CT molecular complexity index is 373. The van der Waals surface area contributed by atoms with E-state index in [-0.39, 0.29) is 6.04 Å². The molecule has 1 amide bonds. The molecule has 1 unspecified atom stereocenters. The Morgan fingerprint density at radius 1 is 1.50 bits per heavy atom. The summed E-state index contributed by atoms with van der Waals surface area (Å²) in [6, 6.07) is 2.26. The van der Waals surface area contributed by atoms with Gasteiger partial charge in [-0.2, -0.15) is 11.3 Å². The molecular formula is C14H22N2OS. The van der Waals surface area contributed by atoms with Gasteiger partial charge in [0.25, 0.3) is 0 Å². The number of hydrogen-bond acceptors (Lipinski definition) is 3. The third-order valence-corrected chi connectivity index (χ3v) is 4.42. The van der Waals surface area contributed by atoms with Gasteiger partial charge in [-0.15, -0.1) is 0 Å². The summed E-state index contributed by atoms with van der Waals surface area (Å²) in [5, 5.41) is 4.28. The summed E-state index contributed by atoms with van der Waals surface area (Å²) in [5.74, 6) is 0.313. The van der Waals surface area contributed by atoms with E-state index in [1.54, 1.807) is 11.3 Å². The number of amides is 1. The van der Waals surface area contributed by atoms with Crippen LogP contribution in [0.2, 0.25) is 0 Å². The number of rotatable bonds is 5. The van der Waals surface area contributed by atoms with Crippen molar-refractivity contribution in [3.8, 4) is 0 Å². The Morgan fingerprint density at radius 3 is 2.89 bits per heavy atom. The largest absolute Gasteiger partial charge is 0.342 e. The van der Waals surface area contributed by atoms with Crippen LogP contribution < -0.4 is 0 Å². The highest BCUT2D eigenvalue weighted by Crippen LogP contribution is 2.22. The molecule has 0 spiro atoms. The van der Waals surface area contributed by atoms with Crippen molar-refractivity contribution in [1.82, 2.24) is 9.80 Å². The Hall–Kier alpha value is -0.870. The van der Waals surface area contributed by atoms with Crippen LogP contribution in [0.3, 0.4) is 0 Å². The number of carbonyl (C=O) groups is 1. The first-order chi connectivity index (χ1) is 8.76. The van der Waals surface area contributed by atoms with E-state index in [0.717, 1.165) is 39.0 Å².